The Kier molecular flexibility index (Phi) is 5.16. The summed E-state index contributed by atoms with van der Waals surface area (Å²) in [5, 5.41) is 15.1. The minimum Gasteiger partial charge on any atom is -0.366 e. The number of hydrazone groups is 1. The topological polar surface area (TPSA) is 128 Å². The smallest absolute Gasteiger partial charge is 0.313 e. The number of hydrogen-bond acceptors (Lipinski definition) is 6. The first-order chi connectivity index (χ1) is 13.4. The van der Waals surface area contributed by atoms with E-state index in [-0.39, 0.29) is 11.5 Å². The maximum absolute atomic E-state index is 11.2. The van der Waals surface area contributed by atoms with Gasteiger partial charge in [0.05, 0.1) is 11.1 Å². The lowest BCUT2D eigenvalue weighted by molar-refractivity contribution is -0.384. The van der Waals surface area contributed by atoms with Crippen molar-refractivity contribution in [1.82, 2.24) is 9.55 Å². The summed E-state index contributed by atoms with van der Waals surface area (Å²) in [7, 11) is 0. The molecule has 0 atom stereocenters. The maximum atomic E-state index is 11.2. The molecule has 3 aromatic rings. The number of carbonyl (C=O) groups excluding carboxylic acids is 1. The first kappa shape index (κ1) is 18.8. The number of hydrogen-bond donors (Lipinski definition) is 2. The van der Waals surface area contributed by atoms with Crippen molar-refractivity contribution in [2.24, 2.45) is 10.8 Å². The molecule has 0 bridgehead atoms. The molecule has 0 radical (unpaired) electrons. The molecular weight excluding hydrogens is 360 g/mol. The van der Waals surface area contributed by atoms with Gasteiger partial charge in [-0.2, -0.15) is 5.10 Å². The molecule has 1 amide bonds. The summed E-state index contributed by atoms with van der Waals surface area (Å²) in [6.07, 6.45) is 3.03. The third kappa shape index (κ3) is 3.73. The second kappa shape index (κ2) is 7.70. The van der Waals surface area contributed by atoms with Crippen molar-refractivity contribution in [2.45, 2.75) is 13.8 Å². The van der Waals surface area contributed by atoms with E-state index in [1.807, 2.05) is 36.6 Å². The highest BCUT2D eigenvalue weighted by Crippen LogP contribution is 2.22. The molecular formula is C19H18N6O3. The van der Waals surface area contributed by atoms with Gasteiger partial charge in [0.2, 0.25) is 11.7 Å². The summed E-state index contributed by atoms with van der Waals surface area (Å²) in [6.45, 7) is 3.88. The standard InChI is InChI=1S/C19H18N6O3/c1-12-10-15(11-22-23-19-17(25(27)28)4-3-9-21-19)13(2)24(12)16-7-5-14(6-8-16)18(20)26/h3-11H,1-2H3,(H2,20,26)(H,21,23)/b22-11-. The molecule has 0 fully saturated rings. The van der Waals surface area contributed by atoms with Crippen LogP contribution in [0.5, 0.6) is 0 Å². The van der Waals surface area contributed by atoms with E-state index in [1.54, 1.807) is 18.3 Å². The molecule has 0 saturated heterocycles. The van der Waals surface area contributed by atoms with E-state index < -0.39 is 10.8 Å². The molecule has 2 aromatic heterocycles. The predicted molar refractivity (Wildman–Crippen MR) is 106 cm³/mol. The third-order valence-corrected chi connectivity index (χ3v) is 4.24. The van der Waals surface area contributed by atoms with Crippen LogP contribution in [0, 0.1) is 24.0 Å². The van der Waals surface area contributed by atoms with E-state index in [1.165, 1.54) is 18.3 Å². The Hall–Kier alpha value is -4.01. The molecule has 1 aromatic carbocycles. The van der Waals surface area contributed by atoms with Crippen LogP contribution in [0.15, 0.2) is 53.8 Å². The van der Waals surface area contributed by atoms with Crippen molar-refractivity contribution in [1.29, 1.82) is 0 Å². The lowest BCUT2D eigenvalue weighted by atomic mass is 10.2. The van der Waals surface area contributed by atoms with Crippen LogP contribution in [0.3, 0.4) is 0 Å². The fourth-order valence-electron chi connectivity index (χ4n) is 2.88. The molecule has 0 unspecified atom stereocenters. The Morgan fingerprint density at radius 3 is 2.64 bits per heavy atom. The number of anilines is 1. The zero-order valence-electron chi connectivity index (χ0n) is 15.3. The second-order valence-electron chi connectivity index (χ2n) is 6.07. The summed E-state index contributed by atoms with van der Waals surface area (Å²) >= 11 is 0. The Labute approximate surface area is 160 Å². The molecule has 3 rings (SSSR count). The van der Waals surface area contributed by atoms with Gasteiger partial charge >= 0.3 is 5.69 Å². The quantitative estimate of drug-likeness (QED) is 0.387. The summed E-state index contributed by atoms with van der Waals surface area (Å²) < 4.78 is 2.01. The summed E-state index contributed by atoms with van der Waals surface area (Å²) in [5.74, 6) is -0.408. The lowest BCUT2D eigenvalue weighted by Crippen LogP contribution is -2.10. The first-order valence-corrected chi connectivity index (χ1v) is 8.36. The van der Waals surface area contributed by atoms with E-state index in [4.69, 9.17) is 5.73 Å². The minimum atomic E-state index is -0.521. The van der Waals surface area contributed by atoms with Gasteiger partial charge in [-0.1, -0.05) is 0 Å². The molecule has 0 aliphatic rings. The van der Waals surface area contributed by atoms with Crippen LogP contribution in [-0.4, -0.2) is 26.6 Å². The maximum Gasteiger partial charge on any atom is 0.313 e. The van der Waals surface area contributed by atoms with Gasteiger partial charge in [-0.3, -0.25) is 20.3 Å². The monoisotopic (exact) mass is 378 g/mol. The highest BCUT2D eigenvalue weighted by atomic mass is 16.6. The van der Waals surface area contributed by atoms with Gasteiger partial charge in [-0.05, 0) is 50.2 Å². The Bertz CT molecular complexity index is 1070. The molecule has 2 heterocycles. The van der Waals surface area contributed by atoms with Crippen molar-refractivity contribution in [3.8, 4) is 5.69 Å². The summed E-state index contributed by atoms with van der Waals surface area (Å²) in [4.78, 5) is 25.7. The fraction of sp³-hybridized carbons (Fsp3) is 0.105. The number of amides is 1. The van der Waals surface area contributed by atoms with Crippen LogP contribution < -0.4 is 11.2 Å². The first-order valence-electron chi connectivity index (χ1n) is 8.36. The number of aromatic nitrogens is 2. The molecule has 0 aliphatic heterocycles. The molecule has 0 aliphatic carbocycles. The predicted octanol–water partition coefficient (Wildman–Crippen LogP) is 2.94. The van der Waals surface area contributed by atoms with E-state index in [2.05, 4.69) is 15.5 Å². The number of carbonyl (C=O) groups is 1. The van der Waals surface area contributed by atoms with E-state index in [9.17, 15) is 14.9 Å². The molecule has 3 N–H and O–H groups in total. The van der Waals surface area contributed by atoms with Crippen LogP contribution in [-0.2, 0) is 0 Å². The van der Waals surface area contributed by atoms with Gasteiger partial charge in [0.15, 0.2) is 0 Å². The van der Waals surface area contributed by atoms with Gasteiger partial charge in [0, 0.05) is 40.5 Å². The third-order valence-electron chi connectivity index (χ3n) is 4.24. The number of nitrogens with one attached hydrogen (secondary N) is 1. The van der Waals surface area contributed by atoms with Gasteiger partial charge in [0.25, 0.3) is 0 Å². The molecule has 9 heteroatoms. The Morgan fingerprint density at radius 1 is 1.29 bits per heavy atom. The molecule has 0 spiro atoms. The highest BCUT2D eigenvalue weighted by Gasteiger charge is 2.13. The van der Waals surface area contributed by atoms with Crippen LogP contribution >= 0.6 is 0 Å². The van der Waals surface area contributed by atoms with E-state index >= 15 is 0 Å². The lowest BCUT2D eigenvalue weighted by Gasteiger charge is -2.10. The number of nitrogens with zero attached hydrogens (tertiary/aromatic N) is 4. The summed E-state index contributed by atoms with van der Waals surface area (Å²) in [6, 6.07) is 11.8. The van der Waals surface area contributed by atoms with E-state index in [0.29, 0.717) is 5.56 Å². The Morgan fingerprint density at radius 2 is 2.00 bits per heavy atom. The molecule has 9 nitrogen and oxygen atoms in total. The van der Waals surface area contributed by atoms with Crippen molar-refractivity contribution < 1.29 is 9.72 Å². The van der Waals surface area contributed by atoms with E-state index in [0.717, 1.165) is 22.6 Å². The van der Waals surface area contributed by atoms with Gasteiger partial charge in [-0.25, -0.2) is 4.98 Å². The zero-order chi connectivity index (χ0) is 20.3. The van der Waals surface area contributed by atoms with Crippen molar-refractivity contribution in [3.05, 3.63) is 81.3 Å². The van der Waals surface area contributed by atoms with Crippen LogP contribution in [0.4, 0.5) is 11.5 Å². The average Bonchev–Trinajstić information content (AvgIpc) is 2.95. The molecule has 28 heavy (non-hydrogen) atoms. The zero-order valence-corrected chi connectivity index (χ0v) is 15.3. The number of nitro groups is 1. The van der Waals surface area contributed by atoms with Crippen LogP contribution in [0.2, 0.25) is 0 Å². The number of benzene rings is 1. The van der Waals surface area contributed by atoms with Gasteiger partial charge < -0.3 is 10.3 Å². The van der Waals surface area contributed by atoms with Crippen LogP contribution in [0.25, 0.3) is 5.69 Å². The second-order valence-corrected chi connectivity index (χ2v) is 6.07. The number of rotatable bonds is 6. The van der Waals surface area contributed by atoms with Crippen molar-refractivity contribution >= 4 is 23.6 Å². The van der Waals surface area contributed by atoms with Gasteiger partial charge in [-0.15, -0.1) is 0 Å². The number of pyridine rings is 1. The summed E-state index contributed by atoms with van der Waals surface area (Å²) in [5.41, 5.74) is 11.8. The minimum absolute atomic E-state index is 0.0691. The SMILES string of the molecule is Cc1cc(/C=N\Nc2ncccc2[N+](=O)[O-])c(C)n1-c1ccc(C(N)=O)cc1. The molecule has 142 valence electrons. The largest absolute Gasteiger partial charge is 0.366 e. The fourth-order valence-corrected chi connectivity index (χ4v) is 2.88. The van der Waals surface area contributed by atoms with Crippen LogP contribution in [0.1, 0.15) is 27.3 Å². The number of nitrogens with two attached hydrogens (primary N) is 1. The highest BCUT2D eigenvalue weighted by molar-refractivity contribution is 5.93. The average molecular weight is 378 g/mol. The normalized spacial score (nSPS) is 10.9. The number of primary amides is 1. The van der Waals surface area contributed by atoms with Crippen molar-refractivity contribution in [3.63, 3.8) is 0 Å². The Balaban J connectivity index is 1.85. The number of aryl methyl sites for hydroxylation is 1. The molecule has 0 saturated carbocycles. The van der Waals surface area contributed by atoms with Crippen molar-refractivity contribution in [2.75, 3.05) is 5.43 Å². The van der Waals surface area contributed by atoms with Gasteiger partial charge in [0.1, 0.15) is 0 Å².